The molecular formula is C16H21BrN4. The van der Waals surface area contributed by atoms with Gasteiger partial charge in [0.25, 0.3) is 0 Å². The lowest BCUT2D eigenvalue weighted by Gasteiger charge is -2.12. The number of aryl methyl sites for hydroxylation is 2. The van der Waals surface area contributed by atoms with Crippen LogP contribution < -0.4 is 10.6 Å². The first-order chi connectivity index (χ1) is 10.1. The molecule has 21 heavy (non-hydrogen) atoms. The number of hydrogen-bond donors (Lipinski definition) is 2. The molecule has 1 heterocycles. The average Bonchev–Trinajstić information content (AvgIpc) is 2.48. The molecule has 0 unspecified atom stereocenters. The van der Waals surface area contributed by atoms with Gasteiger partial charge in [-0.2, -0.15) is 0 Å². The molecule has 1 aromatic heterocycles. The molecule has 0 amide bonds. The monoisotopic (exact) mass is 348 g/mol. The van der Waals surface area contributed by atoms with Crippen molar-refractivity contribution >= 4 is 33.3 Å². The van der Waals surface area contributed by atoms with Crippen LogP contribution >= 0.6 is 15.9 Å². The number of nitrogens with zero attached hydrogens (tertiary/aromatic N) is 2. The summed E-state index contributed by atoms with van der Waals surface area (Å²) >= 11 is 3.50. The smallest absolute Gasteiger partial charge is 0.136 e. The molecule has 1 aromatic carbocycles. The van der Waals surface area contributed by atoms with Gasteiger partial charge < -0.3 is 10.6 Å². The first-order valence-electron chi connectivity index (χ1n) is 7.27. The largest absolute Gasteiger partial charge is 0.370 e. The van der Waals surface area contributed by atoms with Crippen LogP contribution in [0.3, 0.4) is 0 Å². The van der Waals surface area contributed by atoms with Gasteiger partial charge >= 0.3 is 0 Å². The minimum absolute atomic E-state index is 0.813. The fraction of sp³-hybridized carbons (Fsp3) is 0.375. The highest BCUT2D eigenvalue weighted by Crippen LogP contribution is 2.24. The zero-order chi connectivity index (χ0) is 15.2. The fourth-order valence-electron chi connectivity index (χ4n) is 1.93. The summed E-state index contributed by atoms with van der Waals surface area (Å²) in [4.78, 5) is 9.05. The van der Waals surface area contributed by atoms with Crippen molar-refractivity contribution in [3.05, 3.63) is 40.1 Å². The Morgan fingerprint density at radius 1 is 1.10 bits per heavy atom. The Hall–Kier alpha value is -1.62. The van der Waals surface area contributed by atoms with Crippen LogP contribution in [0, 0.1) is 6.92 Å². The van der Waals surface area contributed by atoms with Crippen molar-refractivity contribution in [2.24, 2.45) is 0 Å². The summed E-state index contributed by atoms with van der Waals surface area (Å²) in [6, 6.07) is 8.12. The topological polar surface area (TPSA) is 49.8 Å². The Bertz CT molecular complexity index is 613. The van der Waals surface area contributed by atoms with Crippen LogP contribution in [0.25, 0.3) is 0 Å². The van der Waals surface area contributed by atoms with Crippen LogP contribution in [0.4, 0.5) is 17.3 Å². The van der Waals surface area contributed by atoms with Crippen molar-refractivity contribution in [2.45, 2.75) is 33.6 Å². The van der Waals surface area contributed by atoms with Crippen molar-refractivity contribution in [1.29, 1.82) is 0 Å². The molecule has 2 aromatic rings. The molecule has 0 fully saturated rings. The van der Waals surface area contributed by atoms with E-state index in [1.54, 1.807) is 0 Å². The van der Waals surface area contributed by atoms with E-state index in [1.165, 1.54) is 5.56 Å². The van der Waals surface area contributed by atoms with E-state index in [0.29, 0.717) is 0 Å². The number of hydrogen-bond acceptors (Lipinski definition) is 4. The summed E-state index contributed by atoms with van der Waals surface area (Å²) in [5.41, 5.74) is 2.23. The van der Waals surface area contributed by atoms with Gasteiger partial charge in [-0.1, -0.05) is 35.8 Å². The third kappa shape index (κ3) is 4.43. The van der Waals surface area contributed by atoms with Gasteiger partial charge in [-0.25, -0.2) is 9.97 Å². The van der Waals surface area contributed by atoms with E-state index in [1.807, 2.05) is 12.1 Å². The fourth-order valence-corrected chi connectivity index (χ4v) is 2.29. The molecule has 112 valence electrons. The normalized spacial score (nSPS) is 10.5. The highest BCUT2D eigenvalue weighted by Gasteiger charge is 2.06. The summed E-state index contributed by atoms with van der Waals surface area (Å²) in [5, 5.41) is 6.70. The second-order valence-corrected chi connectivity index (χ2v) is 5.83. The molecule has 0 saturated heterocycles. The Morgan fingerprint density at radius 3 is 2.57 bits per heavy atom. The number of benzene rings is 1. The van der Waals surface area contributed by atoms with E-state index in [0.717, 1.165) is 47.0 Å². The molecule has 2 rings (SSSR count). The van der Waals surface area contributed by atoms with E-state index in [4.69, 9.17) is 0 Å². The van der Waals surface area contributed by atoms with Crippen molar-refractivity contribution in [3.63, 3.8) is 0 Å². The molecule has 0 radical (unpaired) electrons. The molecule has 0 atom stereocenters. The van der Waals surface area contributed by atoms with E-state index in [2.05, 4.69) is 69.4 Å². The van der Waals surface area contributed by atoms with Gasteiger partial charge in [-0.05, 0) is 31.0 Å². The summed E-state index contributed by atoms with van der Waals surface area (Å²) in [6.07, 6.45) is 1.88. The van der Waals surface area contributed by atoms with Crippen molar-refractivity contribution in [1.82, 2.24) is 9.97 Å². The van der Waals surface area contributed by atoms with Crippen molar-refractivity contribution < 1.29 is 0 Å². The molecule has 0 spiro atoms. The highest BCUT2D eigenvalue weighted by molar-refractivity contribution is 9.10. The van der Waals surface area contributed by atoms with Gasteiger partial charge in [0, 0.05) is 29.2 Å². The van der Waals surface area contributed by atoms with Crippen LogP contribution in [0.1, 0.15) is 31.7 Å². The third-order valence-corrected chi connectivity index (χ3v) is 3.60. The quantitative estimate of drug-likeness (QED) is 0.795. The van der Waals surface area contributed by atoms with Crippen molar-refractivity contribution in [2.75, 3.05) is 17.2 Å². The van der Waals surface area contributed by atoms with Crippen LogP contribution in [0.15, 0.2) is 28.7 Å². The lowest BCUT2D eigenvalue weighted by atomic mass is 10.2. The summed E-state index contributed by atoms with van der Waals surface area (Å²) in [6.45, 7) is 7.19. The SMILES string of the molecule is CCCNc1cc(Nc2cc(Br)ccc2C)nc(CC)n1. The number of nitrogens with one attached hydrogen (secondary N) is 2. The van der Waals surface area contributed by atoms with Crippen molar-refractivity contribution in [3.8, 4) is 0 Å². The molecular weight excluding hydrogens is 328 g/mol. The third-order valence-electron chi connectivity index (χ3n) is 3.11. The van der Waals surface area contributed by atoms with Gasteiger partial charge in [0.05, 0.1) is 0 Å². The van der Waals surface area contributed by atoms with E-state index in [9.17, 15) is 0 Å². The second kappa shape index (κ2) is 7.41. The van der Waals surface area contributed by atoms with Crippen LogP contribution in [0.2, 0.25) is 0 Å². The molecule has 2 N–H and O–H groups in total. The van der Waals surface area contributed by atoms with Gasteiger partial charge in [0.15, 0.2) is 0 Å². The number of halogens is 1. The maximum Gasteiger partial charge on any atom is 0.136 e. The first-order valence-corrected chi connectivity index (χ1v) is 8.06. The zero-order valence-electron chi connectivity index (χ0n) is 12.7. The first kappa shape index (κ1) is 15.8. The minimum atomic E-state index is 0.813. The Labute approximate surface area is 134 Å². The van der Waals surface area contributed by atoms with Crippen LogP contribution in [-0.2, 0) is 6.42 Å². The van der Waals surface area contributed by atoms with Gasteiger partial charge in [0.1, 0.15) is 17.5 Å². The average molecular weight is 349 g/mol. The Morgan fingerprint density at radius 2 is 1.86 bits per heavy atom. The van der Waals surface area contributed by atoms with E-state index >= 15 is 0 Å². The Kier molecular flexibility index (Phi) is 5.56. The van der Waals surface area contributed by atoms with Gasteiger partial charge in [0.2, 0.25) is 0 Å². The van der Waals surface area contributed by atoms with E-state index in [-0.39, 0.29) is 0 Å². The molecule has 0 bridgehead atoms. The predicted molar refractivity (Wildman–Crippen MR) is 92.4 cm³/mol. The summed E-state index contributed by atoms with van der Waals surface area (Å²) < 4.78 is 1.05. The molecule has 0 aliphatic heterocycles. The zero-order valence-corrected chi connectivity index (χ0v) is 14.3. The number of anilines is 3. The second-order valence-electron chi connectivity index (χ2n) is 4.92. The number of aromatic nitrogens is 2. The lowest BCUT2D eigenvalue weighted by Crippen LogP contribution is -2.07. The highest BCUT2D eigenvalue weighted by atomic mass is 79.9. The lowest BCUT2D eigenvalue weighted by molar-refractivity contribution is 0.919. The maximum atomic E-state index is 4.55. The summed E-state index contributed by atoms with van der Waals surface area (Å²) in [5.74, 6) is 2.53. The Balaban J connectivity index is 2.27. The molecule has 0 aliphatic carbocycles. The van der Waals surface area contributed by atoms with Crippen LogP contribution in [0.5, 0.6) is 0 Å². The predicted octanol–water partition coefficient (Wildman–Crippen LogP) is 4.68. The number of rotatable bonds is 6. The standard InChI is InChI=1S/C16H21BrN4/c1-4-8-18-15-10-16(21-14(5-2)20-15)19-13-9-12(17)7-6-11(13)3/h6-7,9-10H,4-5,8H2,1-3H3,(H2,18,19,20,21). The van der Waals surface area contributed by atoms with Gasteiger partial charge in [-0.15, -0.1) is 0 Å². The molecule has 0 saturated carbocycles. The van der Waals surface area contributed by atoms with E-state index < -0.39 is 0 Å². The van der Waals surface area contributed by atoms with Gasteiger partial charge in [-0.3, -0.25) is 0 Å². The molecule has 4 nitrogen and oxygen atoms in total. The van der Waals surface area contributed by atoms with Crippen LogP contribution in [-0.4, -0.2) is 16.5 Å². The minimum Gasteiger partial charge on any atom is -0.370 e. The molecule has 0 aliphatic rings. The maximum absolute atomic E-state index is 4.55. The molecule has 5 heteroatoms. The summed E-state index contributed by atoms with van der Waals surface area (Å²) in [7, 11) is 0.